The van der Waals surface area contributed by atoms with Gasteiger partial charge in [0.1, 0.15) is 17.9 Å². The summed E-state index contributed by atoms with van der Waals surface area (Å²) in [6.07, 6.45) is 8.09. The first kappa shape index (κ1) is 33.6. The lowest BCUT2D eigenvalue weighted by Crippen LogP contribution is -2.61. The summed E-state index contributed by atoms with van der Waals surface area (Å²) in [6.45, 7) is 13.7. The molecule has 0 aliphatic carbocycles. The Balaban J connectivity index is 0.915. The van der Waals surface area contributed by atoms with E-state index in [1.165, 1.54) is 24.5 Å². The molecule has 1 aromatic carbocycles. The van der Waals surface area contributed by atoms with E-state index in [0.29, 0.717) is 49.7 Å². The second-order valence-electron chi connectivity index (χ2n) is 14.7. The fraction of sp³-hybridized carbons (Fsp3) is 0.676. The van der Waals surface area contributed by atoms with Crippen molar-refractivity contribution in [2.24, 2.45) is 11.3 Å². The fourth-order valence-electron chi connectivity index (χ4n) is 8.48. The van der Waals surface area contributed by atoms with E-state index in [1.54, 1.807) is 19.7 Å². The zero-order chi connectivity index (χ0) is 33.6. The molecule has 0 radical (unpaired) electrons. The first-order chi connectivity index (χ1) is 23.0. The number of rotatable bonds is 10. The van der Waals surface area contributed by atoms with E-state index in [0.717, 1.165) is 71.4 Å². The largest absolute Gasteiger partial charge is 0.451 e. The van der Waals surface area contributed by atoms with E-state index >= 15 is 0 Å². The van der Waals surface area contributed by atoms with E-state index in [4.69, 9.17) is 4.74 Å². The number of aromatic nitrogens is 2. The Morgan fingerprint density at radius 3 is 2.54 bits per heavy atom. The maximum Gasteiger partial charge on any atom is 0.282 e. The number of amides is 1. The van der Waals surface area contributed by atoms with Crippen LogP contribution < -0.4 is 15.0 Å². The average Bonchev–Trinajstić information content (AvgIpc) is 3.71. The lowest BCUT2D eigenvalue weighted by atomic mass is 9.72. The Labute approximate surface area is 283 Å². The smallest absolute Gasteiger partial charge is 0.282 e. The maximum absolute atomic E-state index is 14.3. The summed E-state index contributed by atoms with van der Waals surface area (Å²) in [4.78, 5) is 28.6. The lowest BCUT2D eigenvalue weighted by molar-refractivity contribution is 0.0607. The molecule has 5 aliphatic rings. The summed E-state index contributed by atoms with van der Waals surface area (Å²) in [7, 11) is -3.37. The molecule has 1 N–H and O–H groups in total. The van der Waals surface area contributed by atoms with Crippen molar-refractivity contribution >= 4 is 21.9 Å². The lowest BCUT2D eigenvalue weighted by Gasteiger charge is -2.54. The Morgan fingerprint density at radius 1 is 1.15 bits per heavy atom. The number of fused-ring (bicyclic) bond motifs is 2. The van der Waals surface area contributed by atoms with Crippen LogP contribution in [0.1, 0.15) is 63.2 Å². The van der Waals surface area contributed by atoms with Crippen molar-refractivity contribution in [3.8, 4) is 11.5 Å². The summed E-state index contributed by atoms with van der Waals surface area (Å²) < 4.78 is 50.6. The zero-order valence-corrected chi connectivity index (χ0v) is 29.2. The predicted molar refractivity (Wildman–Crippen MR) is 181 cm³/mol. The zero-order valence-electron chi connectivity index (χ0n) is 28.4. The van der Waals surface area contributed by atoms with Gasteiger partial charge in [-0.25, -0.2) is 14.4 Å². The van der Waals surface area contributed by atoms with Crippen LogP contribution in [0.25, 0.3) is 0 Å². The molecule has 2 atom stereocenters. The minimum atomic E-state index is -3.37. The predicted octanol–water partition coefficient (Wildman–Crippen LogP) is 3.18. The average molecular weight is 685 g/mol. The van der Waals surface area contributed by atoms with Gasteiger partial charge in [0.15, 0.2) is 11.6 Å². The van der Waals surface area contributed by atoms with Crippen LogP contribution in [-0.2, 0) is 10.2 Å². The Bertz CT molecular complexity index is 1590. The molecular formula is C34H49FN8O4S. The number of nitrogens with zero attached hydrogens (tertiary/aromatic N) is 7. The molecule has 262 valence electrons. The molecule has 0 saturated carbocycles. The van der Waals surface area contributed by atoms with Gasteiger partial charge in [-0.2, -0.15) is 17.0 Å². The van der Waals surface area contributed by atoms with Crippen LogP contribution in [0.3, 0.4) is 0 Å². The van der Waals surface area contributed by atoms with Gasteiger partial charge in [-0.05, 0) is 90.1 Å². The number of nitrogens with one attached hydrogen (secondary N) is 1. The molecule has 0 unspecified atom stereocenters. The molecule has 7 rings (SSSR count). The summed E-state index contributed by atoms with van der Waals surface area (Å²) in [6, 6.07) is 4.43. The van der Waals surface area contributed by atoms with E-state index in [1.807, 2.05) is 20.8 Å². The standard InChI is InChI=1S/C34H49FN8O4S/c1-4-42(24(2)3)33(44)29-15-26(35)5-6-30(29)47-31-18-36-23-38-32(31)40-21-34(22-40)9-13-39(14-10-34)19-25-7-11-41(12-8-25)48(45,46)43-20-27-16-28(43)17-37-27/h5-6,15,18,23-25,27-28,37H,4,7-14,16-17,19-22H2,1-3H3/t27-,28-/m0/s1. The second kappa shape index (κ2) is 13.4. The van der Waals surface area contributed by atoms with Crippen LogP contribution >= 0.6 is 0 Å². The summed E-state index contributed by atoms with van der Waals surface area (Å²) in [5.41, 5.74) is 0.395. The number of piperidine rings is 2. The minimum absolute atomic E-state index is 0.0393. The maximum atomic E-state index is 14.3. The molecule has 5 saturated heterocycles. The minimum Gasteiger partial charge on any atom is -0.451 e. The van der Waals surface area contributed by atoms with Crippen molar-refractivity contribution < 1.29 is 22.3 Å². The first-order valence-corrected chi connectivity index (χ1v) is 19.0. The van der Waals surface area contributed by atoms with E-state index in [2.05, 4.69) is 25.1 Å². The first-order valence-electron chi connectivity index (χ1n) is 17.6. The van der Waals surface area contributed by atoms with Crippen molar-refractivity contribution in [3.05, 3.63) is 42.1 Å². The van der Waals surface area contributed by atoms with E-state index in [-0.39, 0.29) is 34.7 Å². The van der Waals surface area contributed by atoms with Gasteiger partial charge in [0.2, 0.25) is 0 Å². The quantitative estimate of drug-likeness (QED) is 0.403. The summed E-state index contributed by atoms with van der Waals surface area (Å²) in [5, 5.41) is 3.40. The van der Waals surface area contributed by atoms with Gasteiger partial charge in [-0.3, -0.25) is 4.79 Å². The van der Waals surface area contributed by atoms with Crippen molar-refractivity contribution in [1.29, 1.82) is 0 Å². The number of anilines is 1. The number of hydrogen-bond acceptors (Lipinski definition) is 9. The van der Waals surface area contributed by atoms with Gasteiger partial charge in [-0.1, -0.05) is 0 Å². The van der Waals surface area contributed by atoms with Crippen molar-refractivity contribution in [1.82, 2.24) is 33.7 Å². The molecule has 6 heterocycles. The third-order valence-corrected chi connectivity index (χ3v) is 13.3. The summed E-state index contributed by atoms with van der Waals surface area (Å²) >= 11 is 0. The van der Waals surface area contributed by atoms with Crippen molar-refractivity contribution in [3.63, 3.8) is 0 Å². The van der Waals surface area contributed by atoms with Gasteiger partial charge in [0.05, 0.1) is 11.8 Å². The van der Waals surface area contributed by atoms with Gasteiger partial charge in [0, 0.05) is 75.9 Å². The third-order valence-electron chi connectivity index (χ3n) is 11.3. The molecule has 14 heteroatoms. The van der Waals surface area contributed by atoms with Gasteiger partial charge in [-0.15, -0.1) is 0 Å². The highest BCUT2D eigenvalue weighted by atomic mass is 32.2. The van der Waals surface area contributed by atoms with Crippen LogP contribution in [0.2, 0.25) is 0 Å². The Kier molecular flexibility index (Phi) is 9.39. The number of ether oxygens (including phenoxy) is 1. The molecule has 1 spiro atoms. The highest BCUT2D eigenvalue weighted by molar-refractivity contribution is 7.86. The highest BCUT2D eigenvalue weighted by Gasteiger charge is 2.48. The van der Waals surface area contributed by atoms with Gasteiger partial charge < -0.3 is 24.8 Å². The number of likely N-dealkylation sites (tertiary alicyclic amines) is 1. The highest BCUT2D eigenvalue weighted by Crippen LogP contribution is 2.45. The molecule has 2 aromatic rings. The van der Waals surface area contributed by atoms with Gasteiger partial charge in [0.25, 0.3) is 16.1 Å². The monoisotopic (exact) mass is 684 g/mol. The normalized spacial score (nSPS) is 25.1. The molecule has 1 aromatic heterocycles. The molecule has 5 fully saturated rings. The molecule has 1 amide bonds. The number of carbonyl (C=O) groups excluding carboxylic acids is 1. The second-order valence-corrected chi connectivity index (χ2v) is 16.6. The van der Waals surface area contributed by atoms with Crippen LogP contribution in [0.15, 0.2) is 30.7 Å². The summed E-state index contributed by atoms with van der Waals surface area (Å²) in [5.74, 6) is 1.15. The molecule has 2 bridgehead atoms. The molecule has 48 heavy (non-hydrogen) atoms. The molecular weight excluding hydrogens is 635 g/mol. The number of halogens is 1. The van der Waals surface area contributed by atoms with Crippen LogP contribution in [0.5, 0.6) is 11.5 Å². The number of hydrogen-bond donors (Lipinski definition) is 1. The van der Waals surface area contributed by atoms with Crippen molar-refractivity contribution in [2.75, 3.05) is 70.3 Å². The topological polar surface area (TPSA) is 114 Å². The number of piperazine rings is 1. The van der Waals surface area contributed by atoms with Crippen LogP contribution in [0.4, 0.5) is 10.2 Å². The Hall–Kier alpha value is -2.91. The molecule has 5 aliphatic heterocycles. The van der Waals surface area contributed by atoms with Crippen LogP contribution in [0, 0.1) is 17.2 Å². The number of benzene rings is 1. The number of carbonyl (C=O) groups is 1. The Morgan fingerprint density at radius 2 is 1.90 bits per heavy atom. The van der Waals surface area contributed by atoms with E-state index in [9.17, 15) is 17.6 Å². The van der Waals surface area contributed by atoms with Crippen molar-refractivity contribution in [2.45, 2.75) is 71.0 Å². The fourth-order valence-corrected chi connectivity index (χ4v) is 10.3. The SMILES string of the molecule is CCN(C(=O)c1cc(F)ccc1Oc1cncnc1N1CC2(CCN(CC3CCN(S(=O)(=O)N4C[C@@H]5C[C@H]4CN5)CC3)CC2)C1)C(C)C. The third kappa shape index (κ3) is 6.53. The van der Waals surface area contributed by atoms with Gasteiger partial charge >= 0.3 is 0 Å². The van der Waals surface area contributed by atoms with E-state index < -0.39 is 16.0 Å². The van der Waals surface area contributed by atoms with Crippen LogP contribution in [-0.4, -0.2) is 126 Å². The molecule has 12 nitrogen and oxygen atoms in total.